The Kier molecular flexibility index (Phi) is 3.91. The van der Waals surface area contributed by atoms with E-state index < -0.39 is 23.7 Å². The van der Waals surface area contributed by atoms with Gasteiger partial charge in [0.1, 0.15) is 11.6 Å². The maximum absolute atomic E-state index is 12.2. The van der Waals surface area contributed by atoms with Crippen molar-refractivity contribution in [1.29, 1.82) is 0 Å². The molecule has 1 atom stereocenters. The third kappa shape index (κ3) is 3.24. The summed E-state index contributed by atoms with van der Waals surface area (Å²) in [6, 6.07) is 1.58. The van der Waals surface area contributed by atoms with E-state index in [9.17, 15) is 24.9 Å². The van der Waals surface area contributed by atoms with E-state index >= 15 is 0 Å². The molecule has 0 bridgehead atoms. The van der Waals surface area contributed by atoms with Crippen LogP contribution in [0.25, 0.3) is 0 Å². The zero-order valence-electron chi connectivity index (χ0n) is 12.7. The molecule has 1 aromatic rings. The van der Waals surface area contributed by atoms with Gasteiger partial charge in [-0.25, -0.2) is 9.59 Å². The predicted octanol–water partition coefficient (Wildman–Crippen LogP) is 1.84. The number of phenolic OH excluding ortho intramolecular Hbond substituents is 2. The molecule has 22 heavy (non-hydrogen) atoms. The molecule has 3 N–H and O–H groups in total. The van der Waals surface area contributed by atoms with Gasteiger partial charge >= 0.3 is 12.1 Å². The number of ether oxygens (including phenoxy) is 1. The number of carbonyl (C=O) groups is 2. The molecule has 0 radical (unpaired) electrons. The number of hydrogen-bond acceptors (Lipinski definition) is 5. The highest BCUT2D eigenvalue weighted by Crippen LogP contribution is 2.33. The van der Waals surface area contributed by atoms with E-state index in [1.54, 1.807) is 20.8 Å². The molecule has 0 saturated carbocycles. The van der Waals surface area contributed by atoms with Crippen LogP contribution in [-0.4, -0.2) is 43.9 Å². The average Bonchev–Trinajstić information content (AvgIpc) is 2.36. The first-order chi connectivity index (χ1) is 10.1. The van der Waals surface area contributed by atoms with Crippen molar-refractivity contribution in [3.8, 4) is 11.5 Å². The van der Waals surface area contributed by atoms with Crippen LogP contribution in [0.1, 0.15) is 31.9 Å². The highest BCUT2D eigenvalue weighted by atomic mass is 16.6. The molecule has 120 valence electrons. The smallest absolute Gasteiger partial charge is 0.411 e. The lowest BCUT2D eigenvalue weighted by Gasteiger charge is -2.35. The molecular weight excluding hydrogens is 290 g/mol. The monoisotopic (exact) mass is 309 g/mol. The van der Waals surface area contributed by atoms with Crippen LogP contribution in [0.5, 0.6) is 11.5 Å². The first kappa shape index (κ1) is 15.9. The first-order valence-electron chi connectivity index (χ1n) is 6.84. The number of benzene rings is 1. The third-order valence-corrected chi connectivity index (χ3v) is 3.34. The topological polar surface area (TPSA) is 107 Å². The number of aromatic hydroxyl groups is 2. The highest BCUT2D eigenvalue weighted by molar-refractivity contribution is 5.81. The van der Waals surface area contributed by atoms with Crippen molar-refractivity contribution in [2.45, 2.75) is 45.4 Å². The van der Waals surface area contributed by atoms with Gasteiger partial charge in [0.05, 0.1) is 6.54 Å². The maximum atomic E-state index is 12.2. The van der Waals surface area contributed by atoms with Gasteiger partial charge < -0.3 is 20.1 Å². The molecular formula is C15H19NO6. The van der Waals surface area contributed by atoms with E-state index in [1.165, 1.54) is 12.1 Å². The molecule has 1 aliphatic heterocycles. The van der Waals surface area contributed by atoms with Crippen molar-refractivity contribution >= 4 is 12.1 Å². The number of carboxylic acids is 1. The Balaban J connectivity index is 2.35. The second kappa shape index (κ2) is 5.40. The highest BCUT2D eigenvalue weighted by Gasteiger charge is 2.37. The molecule has 7 heteroatoms. The molecule has 2 rings (SSSR count). The molecule has 0 spiro atoms. The lowest BCUT2D eigenvalue weighted by atomic mass is 9.93. The number of carbonyl (C=O) groups excluding carboxylic acids is 1. The second-order valence-corrected chi connectivity index (χ2v) is 6.28. The molecule has 0 aromatic heterocycles. The van der Waals surface area contributed by atoms with E-state index in [-0.39, 0.29) is 24.5 Å². The minimum absolute atomic E-state index is 0.00491. The Labute approximate surface area is 127 Å². The summed E-state index contributed by atoms with van der Waals surface area (Å²) in [5.74, 6) is -1.77. The Hall–Kier alpha value is -2.44. The fourth-order valence-corrected chi connectivity index (χ4v) is 2.35. The van der Waals surface area contributed by atoms with E-state index in [4.69, 9.17) is 4.74 Å². The van der Waals surface area contributed by atoms with E-state index in [1.807, 2.05) is 0 Å². The van der Waals surface area contributed by atoms with Crippen LogP contribution >= 0.6 is 0 Å². The van der Waals surface area contributed by atoms with Gasteiger partial charge in [0.15, 0.2) is 11.5 Å². The lowest BCUT2D eigenvalue weighted by molar-refractivity contribution is -0.143. The van der Waals surface area contributed by atoms with Gasteiger partial charge in [-0.1, -0.05) is 0 Å². The van der Waals surface area contributed by atoms with Crippen LogP contribution in [0.15, 0.2) is 12.1 Å². The molecule has 0 saturated heterocycles. The zero-order chi connectivity index (χ0) is 16.7. The van der Waals surface area contributed by atoms with Gasteiger partial charge in [-0.05, 0) is 44.0 Å². The number of phenols is 2. The van der Waals surface area contributed by atoms with Crippen molar-refractivity contribution in [2.75, 3.05) is 0 Å². The number of nitrogens with zero attached hydrogens (tertiary/aromatic N) is 1. The van der Waals surface area contributed by atoms with Crippen LogP contribution < -0.4 is 0 Å². The van der Waals surface area contributed by atoms with Crippen molar-refractivity contribution in [2.24, 2.45) is 0 Å². The van der Waals surface area contributed by atoms with Gasteiger partial charge in [-0.2, -0.15) is 0 Å². The average molecular weight is 309 g/mol. The molecule has 1 heterocycles. The van der Waals surface area contributed by atoms with E-state index in [0.717, 1.165) is 4.90 Å². The summed E-state index contributed by atoms with van der Waals surface area (Å²) in [7, 11) is 0. The van der Waals surface area contributed by atoms with Crippen molar-refractivity contribution < 1.29 is 29.6 Å². The molecule has 1 amide bonds. The normalized spacial score (nSPS) is 17.8. The number of rotatable bonds is 1. The summed E-state index contributed by atoms with van der Waals surface area (Å²) in [6.07, 6.45) is -0.685. The largest absolute Gasteiger partial charge is 0.504 e. The SMILES string of the molecule is CC(C)(C)OC(=O)N1Cc2cc(O)c(O)cc2CC1C(=O)O. The Bertz CT molecular complexity index is 619. The fourth-order valence-electron chi connectivity index (χ4n) is 2.35. The summed E-state index contributed by atoms with van der Waals surface area (Å²) < 4.78 is 5.24. The van der Waals surface area contributed by atoms with Crippen LogP contribution in [0.4, 0.5) is 4.79 Å². The minimum atomic E-state index is -1.15. The number of carboxylic acid groups (broad SMARTS) is 1. The minimum Gasteiger partial charge on any atom is -0.504 e. The summed E-state index contributed by atoms with van der Waals surface area (Å²) in [5.41, 5.74) is 0.429. The van der Waals surface area contributed by atoms with Crippen molar-refractivity contribution in [3.05, 3.63) is 23.3 Å². The van der Waals surface area contributed by atoms with Gasteiger partial charge in [0.25, 0.3) is 0 Å². The summed E-state index contributed by atoms with van der Waals surface area (Å²) >= 11 is 0. The standard InChI is InChI=1S/C15H19NO6/c1-15(2,3)22-14(21)16-7-9-6-12(18)11(17)5-8(9)4-10(16)13(19)20/h5-6,10,17-18H,4,7H2,1-3H3,(H,19,20). The van der Waals surface area contributed by atoms with Crippen LogP contribution in [-0.2, 0) is 22.5 Å². The Morgan fingerprint density at radius 2 is 1.73 bits per heavy atom. The van der Waals surface area contributed by atoms with Gasteiger partial charge in [-0.3, -0.25) is 4.90 Å². The molecule has 0 fully saturated rings. The number of fused-ring (bicyclic) bond motifs is 1. The summed E-state index contributed by atoms with van der Waals surface area (Å²) in [4.78, 5) is 24.8. The number of hydrogen-bond donors (Lipinski definition) is 3. The van der Waals surface area contributed by atoms with Crippen LogP contribution in [0.2, 0.25) is 0 Å². The summed E-state index contributed by atoms with van der Waals surface area (Å²) in [6.45, 7) is 5.09. The molecule has 0 aliphatic carbocycles. The Morgan fingerprint density at radius 3 is 2.23 bits per heavy atom. The van der Waals surface area contributed by atoms with Crippen molar-refractivity contribution in [1.82, 2.24) is 4.90 Å². The first-order valence-corrected chi connectivity index (χ1v) is 6.84. The van der Waals surface area contributed by atoms with Crippen LogP contribution in [0, 0.1) is 0 Å². The predicted molar refractivity (Wildman–Crippen MR) is 76.7 cm³/mol. The van der Waals surface area contributed by atoms with E-state index in [2.05, 4.69) is 0 Å². The van der Waals surface area contributed by atoms with Crippen LogP contribution in [0.3, 0.4) is 0 Å². The maximum Gasteiger partial charge on any atom is 0.411 e. The van der Waals surface area contributed by atoms with Gasteiger partial charge in [0, 0.05) is 6.42 Å². The molecule has 1 unspecified atom stereocenters. The Morgan fingerprint density at radius 1 is 1.18 bits per heavy atom. The lowest BCUT2D eigenvalue weighted by Crippen LogP contribution is -2.50. The fraction of sp³-hybridized carbons (Fsp3) is 0.467. The van der Waals surface area contributed by atoms with Gasteiger partial charge in [0.2, 0.25) is 0 Å². The number of amides is 1. The zero-order valence-corrected chi connectivity index (χ0v) is 12.7. The summed E-state index contributed by atoms with van der Waals surface area (Å²) in [5, 5.41) is 28.4. The quantitative estimate of drug-likeness (QED) is 0.683. The molecule has 7 nitrogen and oxygen atoms in total. The third-order valence-electron chi connectivity index (χ3n) is 3.34. The van der Waals surface area contributed by atoms with Crippen molar-refractivity contribution in [3.63, 3.8) is 0 Å². The van der Waals surface area contributed by atoms with E-state index in [0.29, 0.717) is 11.1 Å². The van der Waals surface area contributed by atoms with Gasteiger partial charge in [-0.15, -0.1) is 0 Å². The number of aliphatic carboxylic acids is 1. The second-order valence-electron chi connectivity index (χ2n) is 6.28. The molecule has 1 aliphatic rings. The molecule has 1 aromatic carbocycles.